The predicted octanol–water partition coefficient (Wildman–Crippen LogP) is 5.43. The maximum atomic E-state index is 13.9. The first-order valence-electron chi connectivity index (χ1n) is 12.7. The zero-order valence-electron chi connectivity index (χ0n) is 22.2. The second-order valence-corrected chi connectivity index (χ2v) is 11.5. The molecular formula is C28H35N5O3S. The van der Waals surface area contributed by atoms with Gasteiger partial charge in [-0.15, -0.1) is 11.3 Å². The van der Waals surface area contributed by atoms with E-state index in [9.17, 15) is 9.59 Å². The lowest BCUT2D eigenvalue weighted by atomic mass is 10.2. The third kappa shape index (κ3) is 6.65. The topological polar surface area (TPSA) is 89.4 Å². The molecule has 196 valence electrons. The highest BCUT2D eigenvalue weighted by Gasteiger charge is 2.22. The number of carbonyl (C=O) groups is 1. The quantitative estimate of drug-likeness (QED) is 0.295. The van der Waals surface area contributed by atoms with Crippen molar-refractivity contribution in [2.45, 2.75) is 53.2 Å². The molecule has 3 heterocycles. The summed E-state index contributed by atoms with van der Waals surface area (Å²) < 4.78 is 7.74. The van der Waals surface area contributed by atoms with Gasteiger partial charge in [0.05, 0.1) is 6.54 Å². The smallest absolute Gasteiger partial charge is 0.407 e. The molecule has 0 aliphatic rings. The molecule has 0 bridgehead atoms. The molecule has 0 atom stereocenters. The number of benzene rings is 1. The van der Waals surface area contributed by atoms with Crippen LogP contribution in [0.3, 0.4) is 0 Å². The Kier molecular flexibility index (Phi) is 8.12. The van der Waals surface area contributed by atoms with Gasteiger partial charge in [0.15, 0.2) is 0 Å². The summed E-state index contributed by atoms with van der Waals surface area (Å²) in [6.07, 6.45) is 1.99. The van der Waals surface area contributed by atoms with Crippen molar-refractivity contribution in [3.8, 4) is 0 Å². The number of ether oxygens (including phenoxy) is 1. The van der Waals surface area contributed by atoms with E-state index in [4.69, 9.17) is 9.72 Å². The van der Waals surface area contributed by atoms with E-state index < -0.39 is 11.7 Å². The number of fused-ring (bicyclic) bond motifs is 3. The largest absolute Gasteiger partial charge is 0.444 e. The van der Waals surface area contributed by atoms with Gasteiger partial charge in [0.2, 0.25) is 5.95 Å². The van der Waals surface area contributed by atoms with Crippen LogP contribution in [-0.4, -0.2) is 45.9 Å². The number of pyridine rings is 1. The van der Waals surface area contributed by atoms with Crippen LogP contribution in [0.1, 0.15) is 46.6 Å². The molecule has 9 heteroatoms. The van der Waals surface area contributed by atoms with Crippen molar-refractivity contribution in [3.63, 3.8) is 0 Å². The molecule has 1 N–H and O–H groups in total. The average Bonchev–Trinajstić information content (AvgIpc) is 3.21. The van der Waals surface area contributed by atoms with Crippen LogP contribution in [-0.2, 0) is 11.3 Å². The molecule has 0 saturated carbocycles. The fourth-order valence-corrected chi connectivity index (χ4v) is 5.22. The predicted molar refractivity (Wildman–Crippen MR) is 151 cm³/mol. The maximum absolute atomic E-state index is 13.9. The molecule has 0 radical (unpaired) electrons. The van der Waals surface area contributed by atoms with E-state index in [-0.39, 0.29) is 5.56 Å². The molecule has 4 rings (SSSR count). The number of rotatable bonds is 9. The summed E-state index contributed by atoms with van der Waals surface area (Å²) >= 11 is 1.39. The number of alkyl carbamates (subject to hydrolysis) is 1. The number of aromatic nitrogens is 3. The Morgan fingerprint density at radius 1 is 1.16 bits per heavy atom. The molecule has 0 fully saturated rings. The van der Waals surface area contributed by atoms with Crippen molar-refractivity contribution in [1.29, 1.82) is 0 Å². The number of hydrogen-bond donors (Lipinski definition) is 1. The number of hydrogen-bond acceptors (Lipinski definition) is 7. The molecule has 0 unspecified atom stereocenters. The van der Waals surface area contributed by atoms with Crippen molar-refractivity contribution in [3.05, 3.63) is 64.6 Å². The van der Waals surface area contributed by atoms with Crippen LogP contribution in [0.5, 0.6) is 0 Å². The fourth-order valence-electron chi connectivity index (χ4n) is 4.19. The van der Waals surface area contributed by atoms with Crippen LogP contribution >= 0.6 is 11.3 Å². The van der Waals surface area contributed by atoms with Gasteiger partial charge in [0.25, 0.3) is 5.56 Å². The van der Waals surface area contributed by atoms with Crippen LogP contribution in [0.25, 0.3) is 20.4 Å². The summed E-state index contributed by atoms with van der Waals surface area (Å²) in [7, 11) is 0. The molecule has 37 heavy (non-hydrogen) atoms. The molecule has 0 saturated heterocycles. The van der Waals surface area contributed by atoms with Crippen LogP contribution < -0.4 is 15.8 Å². The first kappa shape index (κ1) is 26.6. The van der Waals surface area contributed by atoms with Gasteiger partial charge in [0.1, 0.15) is 20.6 Å². The third-order valence-electron chi connectivity index (χ3n) is 5.66. The molecule has 3 aromatic heterocycles. The Morgan fingerprint density at radius 3 is 2.62 bits per heavy atom. The number of thiophene rings is 1. The SMILES string of the molecule is CC(C)CN(CCCNC(=O)OC(C)(C)C)c1nc2c(sc3ncccc32)c(=O)n1Cc1ccccc1. The molecule has 4 aromatic rings. The normalized spacial score (nSPS) is 11.8. The standard InChI is InChI=1S/C28H35N5O3S/c1-19(2)17-32(16-10-15-30-27(35)36-28(3,4)5)26-31-22-21-13-9-14-29-24(21)37-23(22)25(34)33(26)18-20-11-7-6-8-12-20/h6-9,11-14,19H,10,15-18H2,1-5H3,(H,30,35). The molecule has 8 nitrogen and oxygen atoms in total. The number of amides is 1. The highest BCUT2D eigenvalue weighted by Crippen LogP contribution is 2.30. The van der Waals surface area contributed by atoms with Crippen molar-refractivity contribution in [2.24, 2.45) is 5.92 Å². The van der Waals surface area contributed by atoms with Gasteiger partial charge in [-0.2, -0.15) is 0 Å². The van der Waals surface area contributed by atoms with E-state index in [1.54, 1.807) is 10.8 Å². The van der Waals surface area contributed by atoms with Crippen molar-refractivity contribution < 1.29 is 9.53 Å². The minimum atomic E-state index is -0.543. The Bertz CT molecular complexity index is 1420. The first-order chi connectivity index (χ1) is 17.6. The second-order valence-electron chi connectivity index (χ2n) is 10.5. The van der Waals surface area contributed by atoms with E-state index in [1.807, 2.05) is 63.2 Å². The minimum Gasteiger partial charge on any atom is -0.444 e. The maximum Gasteiger partial charge on any atom is 0.407 e. The average molecular weight is 522 g/mol. The van der Waals surface area contributed by atoms with Crippen LogP contribution in [0.2, 0.25) is 0 Å². The van der Waals surface area contributed by atoms with Crippen LogP contribution in [0.4, 0.5) is 10.7 Å². The highest BCUT2D eigenvalue weighted by atomic mass is 32.1. The number of nitrogens with one attached hydrogen (secondary N) is 1. The molecule has 1 amide bonds. The Labute approximate surface area is 221 Å². The summed E-state index contributed by atoms with van der Waals surface area (Å²) in [4.78, 5) is 38.5. The fraction of sp³-hybridized carbons (Fsp3) is 0.429. The van der Waals surface area contributed by atoms with Gasteiger partial charge < -0.3 is 15.0 Å². The zero-order chi connectivity index (χ0) is 26.6. The highest BCUT2D eigenvalue weighted by molar-refractivity contribution is 7.25. The van der Waals surface area contributed by atoms with Gasteiger partial charge in [-0.05, 0) is 50.8 Å². The molecule has 0 aliphatic heterocycles. The summed E-state index contributed by atoms with van der Waals surface area (Å²) in [6, 6.07) is 13.8. The molecule has 0 aliphatic carbocycles. The Morgan fingerprint density at radius 2 is 1.92 bits per heavy atom. The lowest BCUT2D eigenvalue weighted by Gasteiger charge is -2.28. The van der Waals surface area contributed by atoms with E-state index in [0.717, 1.165) is 22.3 Å². The summed E-state index contributed by atoms with van der Waals surface area (Å²) in [5.41, 5.74) is 1.12. The lowest BCUT2D eigenvalue weighted by Crippen LogP contribution is -2.38. The van der Waals surface area contributed by atoms with Crippen molar-refractivity contribution >= 4 is 43.8 Å². The monoisotopic (exact) mass is 521 g/mol. The van der Waals surface area contributed by atoms with Crippen molar-refractivity contribution in [1.82, 2.24) is 19.9 Å². The summed E-state index contributed by atoms with van der Waals surface area (Å²) in [6.45, 7) is 12.0. The van der Waals surface area contributed by atoms with Crippen LogP contribution in [0.15, 0.2) is 53.5 Å². The summed E-state index contributed by atoms with van der Waals surface area (Å²) in [5, 5.41) is 3.72. The van der Waals surface area contributed by atoms with Gasteiger partial charge in [-0.25, -0.2) is 14.8 Å². The lowest BCUT2D eigenvalue weighted by molar-refractivity contribution is 0.0527. The Balaban J connectivity index is 1.70. The van der Waals surface area contributed by atoms with E-state index in [0.29, 0.717) is 48.1 Å². The van der Waals surface area contributed by atoms with Gasteiger partial charge >= 0.3 is 6.09 Å². The number of anilines is 1. The molecule has 1 aromatic carbocycles. The zero-order valence-corrected chi connectivity index (χ0v) is 23.0. The number of nitrogens with zero attached hydrogens (tertiary/aromatic N) is 4. The van der Waals surface area contributed by atoms with Gasteiger partial charge in [0, 0.05) is 31.2 Å². The van der Waals surface area contributed by atoms with Gasteiger partial charge in [-0.3, -0.25) is 9.36 Å². The Hall–Kier alpha value is -3.46. The van der Waals surface area contributed by atoms with E-state index >= 15 is 0 Å². The van der Waals surface area contributed by atoms with E-state index in [1.165, 1.54) is 11.3 Å². The molecule has 0 spiro atoms. The first-order valence-corrected chi connectivity index (χ1v) is 13.5. The van der Waals surface area contributed by atoms with Crippen molar-refractivity contribution in [2.75, 3.05) is 24.5 Å². The minimum absolute atomic E-state index is 0.0625. The van der Waals surface area contributed by atoms with Crippen LogP contribution in [0, 0.1) is 5.92 Å². The molecular weight excluding hydrogens is 486 g/mol. The second kappa shape index (κ2) is 11.3. The number of carbonyl (C=O) groups excluding carboxylic acids is 1. The van der Waals surface area contributed by atoms with Gasteiger partial charge in [-0.1, -0.05) is 44.2 Å². The summed E-state index contributed by atoms with van der Waals surface area (Å²) in [5.74, 6) is 0.980. The third-order valence-corrected chi connectivity index (χ3v) is 6.75. The van der Waals surface area contributed by atoms with E-state index in [2.05, 4.69) is 29.0 Å².